The molecule has 0 unspecified atom stereocenters. The molecule has 1 amide bonds. The summed E-state index contributed by atoms with van der Waals surface area (Å²) in [6.07, 6.45) is 0. The molecule has 1 saturated heterocycles. The summed E-state index contributed by atoms with van der Waals surface area (Å²) in [5.74, 6) is -0.0319. The Morgan fingerprint density at radius 1 is 1.07 bits per heavy atom. The number of halogens is 1. The second-order valence-electron chi connectivity index (χ2n) is 6.53. The van der Waals surface area contributed by atoms with Crippen LogP contribution in [0.4, 0.5) is 5.13 Å². The molecule has 7 heteroatoms. The van der Waals surface area contributed by atoms with E-state index in [0.717, 1.165) is 47.8 Å². The van der Waals surface area contributed by atoms with Crippen LogP contribution in [0.5, 0.6) is 0 Å². The summed E-state index contributed by atoms with van der Waals surface area (Å²) in [5, 5.41) is 4.12. The van der Waals surface area contributed by atoms with E-state index < -0.39 is 0 Å². The van der Waals surface area contributed by atoms with E-state index in [1.165, 1.54) is 4.70 Å². The number of nitrogens with one attached hydrogen (secondary N) is 1. The van der Waals surface area contributed by atoms with Crippen LogP contribution in [0, 0.1) is 0 Å². The maximum Gasteiger partial charge on any atom is 0.252 e. The zero-order chi connectivity index (χ0) is 18.6. The van der Waals surface area contributed by atoms with E-state index in [0.29, 0.717) is 12.1 Å². The van der Waals surface area contributed by atoms with Crippen LogP contribution in [0.25, 0.3) is 10.2 Å². The number of nitrogens with zero attached hydrogens (tertiary/aromatic N) is 3. The van der Waals surface area contributed by atoms with Crippen LogP contribution < -0.4 is 10.2 Å². The predicted molar refractivity (Wildman–Crippen MR) is 115 cm³/mol. The van der Waals surface area contributed by atoms with E-state index in [9.17, 15) is 4.79 Å². The van der Waals surface area contributed by atoms with Gasteiger partial charge in [0.25, 0.3) is 5.91 Å². The van der Waals surface area contributed by atoms with E-state index in [-0.39, 0.29) is 5.91 Å². The molecule has 4 rings (SSSR count). The number of carbonyl (C=O) groups is 1. The molecule has 2 heterocycles. The molecule has 1 fully saturated rings. The molecule has 1 aromatic heterocycles. The van der Waals surface area contributed by atoms with Gasteiger partial charge in [0.15, 0.2) is 5.13 Å². The second-order valence-corrected chi connectivity index (χ2v) is 8.39. The van der Waals surface area contributed by atoms with Crippen molar-refractivity contribution in [2.24, 2.45) is 0 Å². The summed E-state index contributed by atoms with van der Waals surface area (Å²) in [4.78, 5) is 21.8. The number of aromatic nitrogens is 1. The van der Waals surface area contributed by atoms with Crippen LogP contribution in [0.2, 0.25) is 0 Å². The summed E-state index contributed by atoms with van der Waals surface area (Å²) in [5.41, 5.74) is 1.76. The molecule has 5 nitrogen and oxygen atoms in total. The molecular formula is C20H21BrN4OS. The molecule has 0 spiro atoms. The molecule has 1 aliphatic rings. The molecule has 0 saturated carbocycles. The SMILES string of the molecule is O=C(NCCN1CCN(c2nc3ccccc3s2)CC1)c1ccccc1Br. The van der Waals surface area contributed by atoms with Gasteiger partial charge in [0.1, 0.15) is 0 Å². The summed E-state index contributed by atoms with van der Waals surface area (Å²) in [7, 11) is 0. The quantitative estimate of drug-likeness (QED) is 0.652. The van der Waals surface area contributed by atoms with Crippen LogP contribution in [0.1, 0.15) is 10.4 Å². The van der Waals surface area contributed by atoms with Crippen LogP contribution in [0.3, 0.4) is 0 Å². The summed E-state index contributed by atoms with van der Waals surface area (Å²) >= 11 is 5.19. The van der Waals surface area contributed by atoms with Gasteiger partial charge in [0, 0.05) is 43.7 Å². The van der Waals surface area contributed by atoms with Crippen molar-refractivity contribution < 1.29 is 4.79 Å². The highest BCUT2D eigenvalue weighted by molar-refractivity contribution is 9.10. The predicted octanol–water partition coefficient (Wildman–Crippen LogP) is 3.61. The zero-order valence-electron chi connectivity index (χ0n) is 14.9. The highest BCUT2D eigenvalue weighted by Crippen LogP contribution is 2.29. The first-order valence-corrected chi connectivity index (χ1v) is 10.7. The Morgan fingerprint density at radius 2 is 1.81 bits per heavy atom. The number of piperazine rings is 1. The average molecular weight is 445 g/mol. The average Bonchev–Trinajstić information content (AvgIpc) is 3.13. The lowest BCUT2D eigenvalue weighted by atomic mass is 10.2. The molecular weight excluding hydrogens is 424 g/mol. The summed E-state index contributed by atoms with van der Waals surface area (Å²) in [6, 6.07) is 15.8. The van der Waals surface area contributed by atoms with Crippen LogP contribution >= 0.6 is 27.3 Å². The molecule has 2 aromatic carbocycles. The first kappa shape index (κ1) is 18.4. The van der Waals surface area contributed by atoms with E-state index in [1.807, 2.05) is 30.3 Å². The fourth-order valence-electron chi connectivity index (χ4n) is 3.23. The molecule has 0 radical (unpaired) electrons. The first-order valence-electron chi connectivity index (χ1n) is 9.06. The number of para-hydroxylation sites is 1. The normalized spacial score (nSPS) is 15.2. The Balaban J connectivity index is 1.25. The van der Waals surface area contributed by atoms with Crippen molar-refractivity contribution in [1.82, 2.24) is 15.2 Å². The number of thiazole rings is 1. The Morgan fingerprint density at radius 3 is 2.59 bits per heavy atom. The Bertz CT molecular complexity index is 903. The van der Waals surface area contributed by atoms with Gasteiger partial charge in [-0.05, 0) is 40.2 Å². The van der Waals surface area contributed by atoms with Gasteiger partial charge < -0.3 is 10.2 Å². The van der Waals surface area contributed by atoms with Crippen molar-refractivity contribution >= 4 is 48.5 Å². The number of carbonyl (C=O) groups excluding carboxylic acids is 1. The molecule has 1 N–H and O–H groups in total. The smallest absolute Gasteiger partial charge is 0.252 e. The monoisotopic (exact) mass is 444 g/mol. The molecule has 0 aliphatic carbocycles. The van der Waals surface area contributed by atoms with Crippen molar-refractivity contribution in [3.8, 4) is 0 Å². The highest BCUT2D eigenvalue weighted by atomic mass is 79.9. The Hall–Kier alpha value is -1.96. The van der Waals surface area contributed by atoms with Crippen molar-refractivity contribution in [2.45, 2.75) is 0 Å². The highest BCUT2D eigenvalue weighted by Gasteiger charge is 2.19. The lowest BCUT2D eigenvalue weighted by Crippen LogP contribution is -2.48. The van der Waals surface area contributed by atoms with Gasteiger partial charge in [-0.25, -0.2) is 4.98 Å². The molecule has 1 aliphatic heterocycles. The third-order valence-corrected chi connectivity index (χ3v) is 6.55. The number of amides is 1. The van der Waals surface area contributed by atoms with Crippen LogP contribution in [0.15, 0.2) is 53.0 Å². The minimum Gasteiger partial charge on any atom is -0.351 e. The van der Waals surface area contributed by atoms with Crippen LogP contribution in [-0.4, -0.2) is 55.1 Å². The van der Waals surface area contributed by atoms with Crippen molar-refractivity contribution in [1.29, 1.82) is 0 Å². The van der Waals surface area contributed by atoms with Crippen molar-refractivity contribution in [2.75, 3.05) is 44.2 Å². The minimum atomic E-state index is -0.0319. The van der Waals surface area contributed by atoms with Gasteiger partial charge in [0.2, 0.25) is 0 Å². The molecule has 27 heavy (non-hydrogen) atoms. The number of hydrogen-bond donors (Lipinski definition) is 1. The van der Waals surface area contributed by atoms with E-state index >= 15 is 0 Å². The third kappa shape index (κ3) is 4.31. The molecule has 0 atom stereocenters. The number of hydrogen-bond acceptors (Lipinski definition) is 5. The zero-order valence-corrected chi connectivity index (χ0v) is 17.3. The molecule has 140 valence electrons. The fourth-order valence-corrected chi connectivity index (χ4v) is 4.71. The van der Waals surface area contributed by atoms with Gasteiger partial charge >= 0.3 is 0 Å². The number of benzene rings is 2. The third-order valence-electron chi connectivity index (χ3n) is 4.76. The number of fused-ring (bicyclic) bond motifs is 1. The van der Waals surface area contributed by atoms with Gasteiger partial charge in [-0.2, -0.15) is 0 Å². The van der Waals surface area contributed by atoms with Gasteiger partial charge in [-0.15, -0.1) is 0 Å². The maximum absolute atomic E-state index is 12.3. The maximum atomic E-state index is 12.3. The molecule has 0 bridgehead atoms. The first-order chi connectivity index (χ1) is 13.2. The fraction of sp³-hybridized carbons (Fsp3) is 0.300. The van der Waals surface area contributed by atoms with E-state index in [1.54, 1.807) is 11.3 Å². The van der Waals surface area contributed by atoms with Crippen molar-refractivity contribution in [3.05, 3.63) is 58.6 Å². The Labute approximate surface area is 171 Å². The minimum absolute atomic E-state index is 0.0319. The van der Waals surface area contributed by atoms with Crippen molar-refractivity contribution in [3.63, 3.8) is 0 Å². The topological polar surface area (TPSA) is 48.5 Å². The standard InChI is InChI=1S/C20H21BrN4OS/c21-16-6-2-1-5-15(16)19(26)22-9-10-24-11-13-25(14-12-24)20-23-17-7-3-4-8-18(17)27-20/h1-8H,9-14H2,(H,22,26). The van der Waals surface area contributed by atoms with E-state index in [2.05, 4.69) is 49.2 Å². The Kier molecular flexibility index (Phi) is 5.71. The second kappa shape index (κ2) is 8.37. The molecule has 3 aromatic rings. The lowest BCUT2D eigenvalue weighted by molar-refractivity contribution is 0.0947. The lowest BCUT2D eigenvalue weighted by Gasteiger charge is -2.34. The van der Waals surface area contributed by atoms with Crippen LogP contribution in [-0.2, 0) is 0 Å². The van der Waals surface area contributed by atoms with E-state index in [4.69, 9.17) is 4.98 Å². The summed E-state index contributed by atoms with van der Waals surface area (Å²) in [6.45, 7) is 5.43. The van der Waals surface area contributed by atoms with Gasteiger partial charge in [0.05, 0.1) is 15.8 Å². The summed E-state index contributed by atoms with van der Waals surface area (Å²) < 4.78 is 2.07. The van der Waals surface area contributed by atoms with Gasteiger partial charge in [-0.3, -0.25) is 9.69 Å². The largest absolute Gasteiger partial charge is 0.351 e. The number of anilines is 1. The number of rotatable bonds is 5. The van der Waals surface area contributed by atoms with Gasteiger partial charge in [-0.1, -0.05) is 35.6 Å².